The number of pyridine rings is 1. The summed E-state index contributed by atoms with van der Waals surface area (Å²) in [5.74, 6) is -1.45. The highest BCUT2D eigenvalue weighted by Gasteiger charge is 2.21. The Kier molecular flexibility index (Phi) is 5.12. The first kappa shape index (κ1) is 19.1. The van der Waals surface area contributed by atoms with Crippen molar-refractivity contribution in [2.24, 2.45) is 0 Å². The SMILES string of the molecule is CNC(=O)/C=C/c1c[nH]c2ncc(-c3ccc(N)c(C(=O)N(C)C)c3F)cc12. The molecule has 0 saturated carbocycles. The zero-order valence-electron chi connectivity index (χ0n) is 15.7. The van der Waals surface area contributed by atoms with Crippen LogP contribution in [0.2, 0.25) is 0 Å². The Balaban J connectivity index is 2.12. The van der Waals surface area contributed by atoms with Gasteiger partial charge >= 0.3 is 0 Å². The Morgan fingerprint density at radius 3 is 2.75 bits per heavy atom. The summed E-state index contributed by atoms with van der Waals surface area (Å²) >= 11 is 0. The van der Waals surface area contributed by atoms with Gasteiger partial charge in [-0.2, -0.15) is 0 Å². The van der Waals surface area contributed by atoms with E-state index in [0.29, 0.717) is 11.2 Å². The molecule has 0 atom stereocenters. The molecule has 0 unspecified atom stereocenters. The van der Waals surface area contributed by atoms with Crippen LogP contribution in [-0.4, -0.2) is 47.8 Å². The molecule has 0 bridgehead atoms. The van der Waals surface area contributed by atoms with Crippen LogP contribution in [0.15, 0.2) is 36.7 Å². The van der Waals surface area contributed by atoms with Gasteiger partial charge in [0.1, 0.15) is 11.5 Å². The third-order valence-corrected chi connectivity index (χ3v) is 4.33. The van der Waals surface area contributed by atoms with E-state index in [4.69, 9.17) is 5.73 Å². The number of nitrogens with zero attached hydrogens (tertiary/aromatic N) is 2. The first-order chi connectivity index (χ1) is 13.3. The summed E-state index contributed by atoms with van der Waals surface area (Å²) in [6, 6.07) is 4.77. The van der Waals surface area contributed by atoms with Crippen molar-refractivity contribution >= 4 is 34.6 Å². The van der Waals surface area contributed by atoms with Gasteiger partial charge in [-0.3, -0.25) is 9.59 Å². The lowest BCUT2D eigenvalue weighted by Crippen LogP contribution is -2.24. The van der Waals surface area contributed by atoms with Crippen LogP contribution in [0.25, 0.3) is 28.2 Å². The molecule has 3 aromatic rings. The molecule has 2 amide bonds. The van der Waals surface area contributed by atoms with Crippen molar-refractivity contribution in [3.63, 3.8) is 0 Å². The molecule has 2 aromatic heterocycles. The van der Waals surface area contributed by atoms with Crippen molar-refractivity contribution in [1.82, 2.24) is 20.2 Å². The maximum Gasteiger partial charge on any atom is 0.258 e. The number of carbonyl (C=O) groups is 2. The number of nitrogens with one attached hydrogen (secondary N) is 2. The fourth-order valence-electron chi connectivity index (χ4n) is 2.81. The summed E-state index contributed by atoms with van der Waals surface area (Å²) in [5.41, 5.74) is 7.77. The molecule has 0 spiro atoms. The van der Waals surface area contributed by atoms with Crippen LogP contribution < -0.4 is 11.1 Å². The highest BCUT2D eigenvalue weighted by Crippen LogP contribution is 2.31. The summed E-state index contributed by atoms with van der Waals surface area (Å²) in [7, 11) is 4.61. The minimum absolute atomic E-state index is 0.0739. The largest absolute Gasteiger partial charge is 0.398 e. The van der Waals surface area contributed by atoms with E-state index in [9.17, 15) is 9.59 Å². The van der Waals surface area contributed by atoms with Gasteiger partial charge in [0, 0.05) is 67.4 Å². The van der Waals surface area contributed by atoms with E-state index in [-0.39, 0.29) is 22.7 Å². The first-order valence-electron chi connectivity index (χ1n) is 8.50. The van der Waals surface area contributed by atoms with Crippen LogP contribution in [0.1, 0.15) is 15.9 Å². The second kappa shape index (κ2) is 7.51. The van der Waals surface area contributed by atoms with Gasteiger partial charge in [0.05, 0.1) is 5.56 Å². The fraction of sp³-hybridized carbons (Fsp3) is 0.150. The lowest BCUT2D eigenvalue weighted by atomic mass is 10.00. The molecule has 28 heavy (non-hydrogen) atoms. The average molecular weight is 381 g/mol. The smallest absolute Gasteiger partial charge is 0.258 e. The van der Waals surface area contributed by atoms with Crippen LogP contribution in [0.3, 0.4) is 0 Å². The van der Waals surface area contributed by atoms with Crippen molar-refractivity contribution in [2.75, 3.05) is 26.9 Å². The molecule has 0 radical (unpaired) electrons. The molecule has 8 heteroatoms. The van der Waals surface area contributed by atoms with Crippen LogP contribution in [0.5, 0.6) is 0 Å². The number of benzene rings is 1. The number of anilines is 1. The van der Waals surface area contributed by atoms with Crippen molar-refractivity contribution < 1.29 is 14.0 Å². The molecule has 144 valence electrons. The number of aromatic nitrogens is 2. The number of aromatic amines is 1. The van der Waals surface area contributed by atoms with Crippen molar-refractivity contribution in [1.29, 1.82) is 0 Å². The Morgan fingerprint density at radius 1 is 1.32 bits per heavy atom. The van der Waals surface area contributed by atoms with Gasteiger partial charge in [-0.15, -0.1) is 0 Å². The van der Waals surface area contributed by atoms with E-state index in [2.05, 4.69) is 15.3 Å². The number of halogens is 1. The van der Waals surface area contributed by atoms with E-state index >= 15 is 4.39 Å². The van der Waals surface area contributed by atoms with Crippen LogP contribution in [0, 0.1) is 5.82 Å². The molecule has 0 fully saturated rings. The third kappa shape index (κ3) is 3.44. The topological polar surface area (TPSA) is 104 Å². The van der Waals surface area contributed by atoms with Crippen LogP contribution >= 0.6 is 0 Å². The summed E-state index contributed by atoms with van der Waals surface area (Å²) < 4.78 is 15.1. The fourth-order valence-corrected chi connectivity index (χ4v) is 2.81. The van der Waals surface area contributed by atoms with Gasteiger partial charge in [0.25, 0.3) is 5.91 Å². The molecule has 3 rings (SSSR count). The molecule has 2 heterocycles. The van der Waals surface area contributed by atoms with Gasteiger partial charge < -0.3 is 20.9 Å². The summed E-state index contributed by atoms with van der Waals surface area (Å²) in [4.78, 5) is 32.3. The quantitative estimate of drug-likeness (QED) is 0.477. The van der Waals surface area contributed by atoms with Gasteiger partial charge in [-0.25, -0.2) is 9.37 Å². The lowest BCUT2D eigenvalue weighted by Gasteiger charge is -2.15. The predicted octanol–water partition coefficient (Wildman–Crippen LogP) is 2.41. The lowest BCUT2D eigenvalue weighted by molar-refractivity contribution is -0.115. The number of nitrogens with two attached hydrogens (primary N) is 1. The van der Waals surface area contributed by atoms with Crippen molar-refractivity contribution in [2.45, 2.75) is 0 Å². The second-order valence-electron chi connectivity index (χ2n) is 6.40. The standard InChI is InChI=1S/C20H20FN5O2/c1-23-16(27)7-4-11-9-24-19-14(11)8-12(10-25-19)13-5-6-15(22)17(18(13)21)20(28)26(2)3/h4-10H,22H2,1-3H3,(H,23,27)(H,24,25)/b7-4+. The van der Waals surface area contributed by atoms with Gasteiger partial charge in [-0.1, -0.05) is 0 Å². The third-order valence-electron chi connectivity index (χ3n) is 4.33. The zero-order valence-corrected chi connectivity index (χ0v) is 15.7. The molecule has 0 aliphatic carbocycles. The normalized spacial score (nSPS) is 11.1. The van der Waals surface area contributed by atoms with E-state index in [1.165, 1.54) is 50.4 Å². The Morgan fingerprint density at radius 2 is 2.07 bits per heavy atom. The maximum atomic E-state index is 15.1. The van der Waals surface area contributed by atoms with E-state index in [1.54, 1.807) is 18.3 Å². The maximum absolute atomic E-state index is 15.1. The highest BCUT2D eigenvalue weighted by atomic mass is 19.1. The number of hydrogen-bond donors (Lipinski definition) is 3. The number of amides is 2. The number of fused-ring (bicyclic) bond motifs is 1. The number of hydrogen-bond acceptors (Lipinski definition) is 4. The first-order valence-corrected chi connectivity index (χ1v) is 8.50. The molecule has 7 nitrogen and oxygen atoms in total. The number of H-pyrrole nitrogens is 1. The molecular weight excluding hydrogens is 361 g/mol. The molecule has 1 aromatic carbocycles. The molecule has 0 saturated heterocycles. The number of likely N-dealkylation sites (N-methyl/N-ethyl adjacent to an activating group) is 1. The number of rotatable bonds is 4. The summed E-state index contributed by atoms with van der Waals surface area (Å²) in [6.45, 7) is 0. The van der Waals surface area contributed by atoms with E-state index < -0.39 is 11.7 Å². The minimum atomic E-state index is -0.696. The van der Waals surface area contributed by atoms with Gasteiger partial charge in [0.15, 0.2) is 0 Å². The molecule has 4 N–H and O–H groups in total. The molecular formula is C20H20FN5O2. The number of nitrogen functional groups attached to an aromatic ring is 1. The van der Waals surface area contributed by atoms with Crippen LogP contribution in [-0.2, 0) is 4.79 Å². The van der Waals surface area contributed by atoms with Crippen molar-refractivity contribution in [3.8, 4) is 11.1 Å². The second-order valence-corrected chi connectivity index (χ2v) is 6.40. The van der Waals surface area contributed by atoms with Gasteiger partial charge in [0.2, 0.25) is 5.91 Å². The Bertz CT molecular complexity index is 1100. The van der Waals surface area contributed by atoms with E-state index in [1.807, 2.05) is 0 Å². The summed E-state index contributed by atoms with van der Waals surface area (Å²) in [6.07, 6.45) is 6.27. The highest BCUT2D eigenvalue weighted by molar-refractivity contribution is 6.01. The molecule has 0 aliphatic rings. The predicted molar refractivity (Wildman–Crippen MR) is 107 cm³/mol. The monoisotopic (exact) mass is 381 g/mol. The average Bonchev–Trinajstić information content (AvgIpc) is 3.08. The van der Waals surface area contributed by atoms with Gasteiger partial charge in [-0.05, 0) is 24.3 Å². The zero-order chi connectivity index (χ0) is 20.4. The summed E-state index contributed by atoms with van der Waals surface area (Å²) in [5, 5.41) is 3.22. The Hall–Kier alpha value is -3.68. The molecule has 0 aliphatic heterocycles. The number of carbonyl (C=O) groups excluding carboxylic acids is 2. The Labute approximate surface area is 161 Å². The van der Waals surface area contributed by atoms with Crippen molar-refractivity contribution in [3.05, 3.63) is 53.6 Å². The van der Waals surface area contributed by atoms with E-state index in [0.717, 1.165) is 10.9 Å². The van der Waals surface area contributed by atoms with Crippen LogP contribution in [0.4, 0.5) is 10.1 Å². The minimum Gasteiger partial charge on any atom is -0.398 e.